The summed E-state index contributed by atoms with van der Waals surface area (Å²) in [5.41, 5.74) is 3.99. The number of nitrogens with one attached hydrogen (secondary N) is 1. The molecular weight excluding hydrogens is 248 g/mol. The molecule has 20 heavy (non-hydrogen) atoms. The molecule has 104 valence electrons. The topological polar surface area (TPSA) is 45.8 Å². The van der Waals surface area contributed by atoms with Crippen LogP contribution in [0.2, 0.25) is 0 Å². The van der Waals surface area contributed by atoms with E-state index < -0.39 is 0 Å². The van der Waals surface area contributed by atoms with Gasteiger partial charge in [0.05, 0.1) is 12.0 Å². The second kappa shape index (κ2) is 5.23. The van der Waals surface area contributed by atoms with Crippen molar-refractivity contribution in [3.05, 3.63) is 52.1 Å². The van der Waals surface area contributed by atoms with Crippen LogP contribution in [0.3, 0.4) is 0 Å². The van der Waals surface area contributed by atoms with E-state index in [1.165, 1.54) is 31.2 Å². The van der Waals surface area contributed by atoms with Crippen LogP contribution in [0.5, 0.6) is 0 Å². The van der Waals surface area contributed by atoms with Crippen LogP contribution < -0.4 is 5.56 Å². The average molecular weight is 268 g/mol. The predicted octanol–water partition coefficient (Wildman–Crippen LogP) is 3.83. The molecule has 0 bridgehead atoms. The molecule has 0 aliphatic heterocycles. The van der Waals surface area contributed by atoms with E-state index >= 15 is 0 Å². The van der Waals surface area contributed by atoms with Crippen LogP contribution >= 0.6 is 0 Å². The first kappa shape index (κ1) is 13.1. The van der Waals surface area contributed by atoms with Crippen molar-refractivity contribution in [2.45, 2.75) is 44.9 Å². The van der Waals surface area contributed by atoms with Crippen molar-refractivity contribution >= 4 is 0 Å². The first-order valence-corrected chi connectivity index (χ1v) is 7.34. The van der Waals surface area contributed by atoms with Gasteiger partial charge in [-0.2, -0.15) is 0 Å². The van der Waals surface area contributed by atoms with Gasteiger partial charge in [0.1, 0.15) is 0 Å². The smallest absolute Gasteiger partial charge is 0.254 e. The monoisotopic (exact) mass is 268 g/mol. The maximum absolute atomic E-state index is 12.0. The van der Waals surface area contributed by atoms with Gasteiger partial charge in [0.25, 0.3) is 5.56 Å². The van der Waals surface area contributed by atoms with Gasteiger partial charge in [-0.3, -0.25) is 4.79 Å². The fourth-order valence-electron chi connectivity index (χ4n) is 2.83. The predicted molar refractivity (Wildman–Crippen MR) is 81.0 cm³/mol. The van der Waals surface area contributed by atoms with E-state index in [2.05, 4.69) is 34.2 Å². The third-order valence-corrected chi connectivity index (χ3v) is 4.23. The molecule has 1 aromatic carbocycles. The van der Waals surface area contributed by atoms with E-state index in [-0.39, 0.29) is 11.5 Å². The molecule has 1 N–H and O–H groups in total. The minimum Gasteiger partial charge on any atom is -0.313 e. The lowest BCUT2D eigenvalue weighted by Crippen LogP contribution is -2.16. The summed E-state index contributed by atoms with van der Waals surface area (Å²) < 4.78 is 0. The lowest BCUT2D eigenvalue weighted by Gasteiger charge is -2.25. The Balaban J connectivity index is 2.00. The number of hydrogen-bond donors (Lipinski definition) is 1. The van der Waals surface area contributed by atoms with Crippen molar-refractivity contribution in [3.63, 3.8) is 0 Å². The minimum atomic E-state index is -0.0342. The first-order valence-electron chi connectivity index (χ1n) is 7.34. The average Bonchev–Trinajstić information content (AvgIpc) is 2.37. The van der Waals surface area contributed by atoms with Gasteiger partial charge in [0.2, 0.25) is 0 Å². The Morgan fingerprint density at radius 1 is 1.20 bits per heavy atom. The number of benzene rings is 1. The molecule has 0 amide bonds. The molecule has 0 atom stereocenters. The molecule has 1 fully saturated rings. The largest absolute Gasteiger partial charge is 0.313 e. The maximum Gasteiger partial charge on any atom is 0.254 e. The fourth-order valence-corrected chi connectivity index (χ4v) is 2.83. The summed E-state index contributed by atoms with van der Waals surface area (Å²) in [6, 6.07) is 8.57. The standard InChI is InChI=1S/C17H20N2O/c1-11(2)15-16(18-10-19-17(15)20)14-8-6-13(7-9-14)12-4-3-5-12/h6-12H,3-5H2,1-2H3,(H,18,19,20). The zero-order chi connectivity index (χ0) is 14.1. The summed E-state index contributed by atoms with van der Waals surface area (Å²) in [5, 5.41) is 0. The Hall–Kier alpha value is -1.90. The molecule has 0 unspecified atom stereocenters. The lowest BCUT2D eigenvalue weighted by molar-refractivity contribution is 0.420. The summed E-state index contributed by atoms with van der Waals surface area (Å²) in [5.74, 6) is 0.898. The van der Waals surface area contributed by atoms with Crippen molar-refractivity contribution in [2.75, 3.05) is 0 Å². The quantitative estimate of drug-likeness (QED) is 0.919. The highest BCUT2D eigenvalue weighted by Gasteiger charge is 2.20. The summed E-state index contributed by atoms with van der Waals surface area (Å²) in [4.78, 5) is 19.0. The van der Waals surface area contributed by atoms with Crippen LogP contribution in [0.1, 0.15) is 56.1 Å². The van der Waals surface area contributed by atoms with Crippen LogP contribution in [-0.4, -0.2) is 9.97 Å². The normalized spacial score (nSPS) is 15.3. The van der Waals surface area contributed by atoms with E-state index in [9.17, 15) is 4.79 Å². The molecule has 0 spiro atoms. The van der Waals surface area contributed by atoms with Crippen LogP contribution in [0.15, 0.2) is 35.4 Å². The van der Waals surface area contributed by atoms with Gasteiger partial charge in [0, 0.05) is 11.1 Å². The van der Waals surface area contributed by atoms with Gasteiger partial charge in [-0.25, -0.2) is 4.98 Å². The first-order chi connectivity index (χ1) is 9.66. The SMILES string of the molecule is CC(C)c1c(-c2ccc(C3CCC3)cc2)nc[nH]c1=O. The second-order valence-corrected chi connectivity index (χ2v) is 5.90. The summed E-state index contributed by atoms with van der Waals surface area (Å²) >= 11 is 0. The van der Waals surface area contributed by atoms with Crippen molar-refractivity contribution in [1.82, 2.24) is 9.97 Å². The Morgan fingerprint density at radius 2 is 1.90 bits per heavy atom. The Kier molecular flexibility index (Phi) is 3.43. The van der Waals surface area contributed by atoms with Gasteiger partial charge in [0.15, 0.2) is 0 Å². The number of aromatic nitrogens is 2. The number of hydrogen-bond acceptors (Lipinski definition) is 2. The number of nitrogens with zero attached hydrogens (tertiary/aromatic N) is 1. The maximum atomic E-state index is 12.0. The molecular formula is C17H20N2O. The second-order valence-electron chi connectivity index (χ2n) is 5.90. The van der Waals surface area contributed by atoms with Gasteiger partial charge in [-0.1, -0.05) is 44.5 Å². The molecule has 1 aliphatic carbocycles. The lowest BCUT2D eigenvalue weighted by atomic mass is 9.80. The molecule has 3 nitrogen and oxygen atoms in total. The summed E-state index contributed by atoms with van der Waals surface area (Å²) in [7, 11) is 0. The molecule has 0 saturated heterocycles. The Morgan fingerprint density at radius 3 is 2.45 bits per heavy atom. The summed E-state index contributed by atoms with van der Waals surface area (Å²) in [6.07, 6.45) is 5.45. The van der Waals surface area contributed by atoms with E-state index in [0.717, 1.165) is 22.7 Å². The van der Waals surface area contributed by atoms with Crippen molar-refractivity contribution in [2.24, 2.45) is 0 Å². The highest BCUT2D eigenvalue weighted by Crippen LogP contribution is 2.37. The van der Waals surface area contributed by atoms with Crippen LogP contribution in [0, 0.1) is 0 Å². The molecule has 3 rings (SSSR count). The molecule has 2 aromatic rings. The highest BCUT2D eigenvalue weighted by atomic mass is 16.1. The summed E-state index contributed by atoms with van der Waals surface area (Å²) in [6.45, 7) is 4.05. The molecule has 1 aliphatic rings. The van der Waals surface area contributed by atoms with E-state index in [4.69, 9.17) is 0 Å². The van der Waals surface area contributed by atoms with E-state index in [0.29, 0.717) is 0 Å². The Labute approximate surface area is 119 Å². The van der Waals surface area contributed by atoms with Gasteiger partial charge < -0.3 is 4.98 Å². The Bertz CT molecular complexity index is 651. The van der Waals surface area contributed by atoms with Crippen LogP contribution in [0.25, 0.3) is 11.3 Å². The van der Waals surface area contributed by atoms with Gasteiger partial charge in [-0.15, -0.1) is 0 Å². The highest BCUT2D eigenvalue weighted by molar-refractivity contribution is 5.63. The molecule has 0 radical (unpaired) electrons. The molecule has 3 heteroatoms. The fraction of sp³-hybridized carbons (Fsp3) is 0.412. The zero-order valence-electron chi connectivity index (χ0n) is 12.0. The van der Waals surface area contributed by atoms with Crippen LogP contribution in [0.4, 0.5) is 0 Å². The third kappa shape index (κ3) is 2.28. The van der Waals surface area contributed by atoms with Crippen molar-refractivity contribution < 1.29 is 0 Å². The number of aromatic amines is 1. The third-order valence-electron chi connectivity index (χ3n) is 4.23. The molecule has 1 saturated carbocycles. The van der Waals surface area contributed by atoms with Crippen molar-refractivity contribution in [1.29, 1.82) is 0 Å². The van der Waals surface area contributed by atoms with E-state index in [1.807, 2.05) is 13.8 Å². The van der Waals surface area contributed by atoms with Crippen LogP contribution in [-0.2, 0) is 0 Å². The number of H-pyrrole nitrogens is 1. The molecule has 1 heterocycles. The van der Waals surface area contributed by atoms with E-state index in [1.54, 1.807) is 0 Å². The minimum absolute atomic E-state index is 0.0342. The van der Waals surface area contributed by atoms with Crippen molar-refractivity contribution in [3.8, 4) is 11.3 Å². The molecule has 1 aromatic heterocycles. The number of rotatable bonds is 3. The van der Waals surface area contributed by atoms with Gasteiger partial charge >= 0.3 is 0 Å². The van der Waals surface area contributed by atoms with Gasteiger partial charge in [-0.05, 0) is 30.2 Å². The zero-order valence-corrected chi connectivity index (χ0v) is 12.0.